The van der Waals surface area contributed by atoms with Crippen molar-refractivity contribution in [3.8, 4) is 29.4 Å². The van der Waals surface area contributed by atoms with Crippen molar-refractivity contribution in [1.82, 2.24) is 9.38 Å². The summed E-state index contributed by atoms with van der Waals surface area (Å²) < 4.78 is 6.75. The summed E-state index contributed by atoms with van der Waals surface area (Å²) in [6.07, 6.45) is 7.01. The second kappa shape index (κ2) is 5.55. The highest BCUT2D eigenvalue weighted by Gasteiger charge is 2.20. The monoisotopic (exact) mass is 310 g/mol. The smallest absolute Gasteiger partial charge is 0.254 e. The highest BCUT2D eigenvalue weighted by atomic mass is 35.5. The number of terminal acetylenes is 1. The van der Waals surface area contributed by atoms with E-state index < -0.39 is 5.78 Å². The lowest BCUT2D eigenvalue weighted by Crippen LogP contribution is -2.02. The van der Waals surface area contributed by atoms with E-state index in [4.69, 9.17) is 22.8 Å². The Kier molecular flexibility index (Phi) is 3.58. The number of imidazole rings is 1. The third kappa shape index (κ3) is 2.22. The molecule has 0 saturated carbocycles. The second-order valence-electron chi connectivity index (χ2n) is 4.56. The molecule has 0 fully saturated rings. The van der Waals surface area contributed by atoms with Crippen molar-refractivity contribution in [2.75, 3.05) is 7.11 Å². The molecule has 0 atom stereocenters. The van der Waals surface area contributed by atoms with E-state index in [2.05, 4.69) is 10.9 Å². The summed E-state index contributed by atoms with van der Waals surface area (Å²) in [5, 5.41) is 0.452. The topological polar surface area (TPSA) is 43.6 Å². The molecule has 0 radical (unpaired) electrons. The number of nitrogens with zero attached hydrogens (tertiary/aromatic N) is 2. The zero-order valence-electron chi connectivity index (χ0n) is 11.7. The molecular formula is C17H11ClN2O2. The summed E-state index contributed by atoms with van der Waals surface area (Å²) in [4.78, 5) is 16.6. The second-order valence-corrected chi connectivity index (χ2v) is 4.97. The quantitative estimate of drug-likeness (QED) is 0.422. The van der Waals surface area contributed by atoms with Crippen molar-refractivity contribution in [2.24, 2.45) is 0 Å². The SMILES string of the molecule is C#CC(=O)c1c(-c2ccc(OC)cc2)nc2c(Cl)cccn12. The maximum absolute atomic E-state index is 12.2. The van der Waals surface area contributed by atoms with Gasteiger partial charge in [-0.2, -0.15) is 0 Å². The van der Waals surface area contributed by atoms with E-state index in [9.17, 15) is 4.79 Å². The minimum atomic E-state index is -0.444. The Morgan fingerprint density at radius 1 is 1.32 bits per heavy atom. The first-order valence-electron chi connectivity index (χ1n) is 6.47. The van der Waals surface area contributed by atoms with E-state index in [-0.39, 0.29) is 0 Å². The van der Waals surface area contributed by atoms with Gasteiger partial charge in [-0.25, -0.2) is 4.98 Å². The Morgan fingerprint density at radius 2 is 2.05 bits per heavy atom. The van der Waals surface area contributed by atoms with Crippen molar-refractivity contribution in [3.63, 3.8) is 0 Å². The van der Waals surface area contributed by atoms with Crippen molar-refractivity contribution >= 4 is 23.0 Å². The van der Waals surface area contributed by atoms with E-state index in [1.54, 1.807) is 42.0 Å². The molecule has 0 saturated heterocycles. The molecule has 1 aromatic carbocycles. The van der Waals surface area contributed by atoms with Gasteiger partial charge in [0.1, 0.15) is 17.1 Å². The summed E-state index contributed by atoms with van der Waals surface area (Å²) in [5.74, 6) is 2.42. The number of ether oxygens (including phenoxy) is 1. The van der Waals surface area contributed by atoms with Crippen LogP contribution in [-0.2, 0) is 0 Å². The Bertz CT molecular complexity index is 905. The Morgan fingerprint density at radius 3 is 2.68 bits per heavy atom. The summed E-state index contributed by atoms with van der Waals surface area (Å²) in [6, 6.07) is 10.7. The van der Waals surface area contributed by atoms with Crippen molar-refractivity contribution in [2.45, 2.75) is 0 Å². The number of fused-ring (bicyclic) bond motifs is 1. The maximum Gasteiger partial charge on any atom is 0.254 e. The van der Waals surface area contributed by atoms with Gasteiger partial charge in [0.15, 0.2) is 5.65 Å². The molecule has 0 spiro atoms. The lowest BCUT2D eigenvalue weighted by atomic mass is 10.1. The molecule has 0 amide bonds. The van der Waals surface area contributed by atoms with Gasteiger partial charge in [0, 0.05) is 11.8 Å². The van der Waals surface area contributed by atoms with Crippen LogP contribution in [-0.4, -0.2) is 22.3 Å². The van der Waals surface area contributed by atoms with Gasteiger partial charge in [0.2, 0.25) is 0 Å². The molecule has 2 aromatic heterocycles. The van der Waals surface area contributed by atoms with Gasteiger partial charge >= 0.3 is 0 Å². The van der Waals surface area contributed by atoms with Crippen molar-refractivity contribution < 1.29 is 9.53 Å². The Balaban J connectivity index is 2.30. The minimum absolute atomic E-state index is 0.324. The molecule has 22 heavy (non-hydrogen) atoms. The largest absolute Gasteiger partial charge is 0.497 e. The van der Waals surface area contributed by atoms with Crippen LogP contribution >= 0.6 is 11.6 Å². The molecule has 108 valence electrons. The number of hydrogen-bond acceptors (Lipinski definition) is 3. The highest BCUT2D eigenvalue weighted by Crippen LogP contribution is 2.29. The fraction of sp³-hybridized carbons (Fsp3) is 0.0588. The highest BCUT2D eigenvalue weighted by molar-refractivity contribution is 6.33. The third-order valence-electron chi connectivity index (χ3n) is 3.31. The molecule has 0 unspecified atom stereocenters. The third-order valence-corrected chi connectivity index (χ3v) is 3.61. The first kappa shape index (κ1) is 14.2. The number of aromatic nitrogens is 2. The van der Waals surface area contributed by atoms with Gasteiger partial charge in [-0.15, -0.1) is 6.42 Å². The van der Waals surface area contributed by atoms with Crippen LogP contribution in [0, 0.1) is 12.3 Å². The number of pyridine rings is 1. The number of carbonyl (C=O) groups excluding carboxylic acids is 1. The normalized spacial score (nSPS) is 10.4. The zero-order chi connectivity index (χ0) is 15.7. The van der Waals surface area contributed by atoms with E-state index in [0.29, 0.717) is 22.1 Å². The molecule has 0 N–H and O–H groups in total. The number of halogens is 1. The van der Waals surface area contributed by atoms with Crippen LogP contribution < -0.4 is 4.74 Å². The van der Waals surface area contributed by atoms with E-state index in [1.165, 1.54) is 0 Å². The number of benzene rings is 1. The van der Waals surface area contributed by atoms with Gasteiger partial charge in [-0.05, 0) is 42.3 Å². The van der Waals surface area contributed by atoms with Gasteiger partial charge in [-0.1, -0.05) is 11.6 Å². The summed E-state index contributed by atoms with van der Waals surface area (Å²) in [7, 11) is 1.59. The standard InChI is InChI=1S/C17H11ClN2O2/c1-3-14(21)16-15(11-6-8-12(22-2)9-7-11)19-17-13(18)5-4-10-20(16)17/h1,4-10H,2H3. The molecule has 5 heteroatoms. The van der Waals surface area contributed by atoms with Crippen LogP contribution in [0.2, 0.25) is 5.02 Å². The lowest BCUT2D eigenvalue weighted by Gasteiger charge is -2.03. The van der Waals surface area contributed by atoms with Crippen molar-refractivity contribution in [3.05, 3.63) is 53.3 Å². The predicted octanol–water partition coefficient (Wildman–Crippen LogP) is 3.48. The van der Waals surface area contributed by atoms with E-state index >= 15 is 0 Å². The fourth-order valence-electron chi connectivity index (χ4n) is 2.27. The summed E-state index contributed by atoms with van der Waals surface area (Å²) in [6.45, 7) is 0. The van der Waals surface area contributed by atoms with Crippen LogP contribution in [0.1, 0.15) is 10.5 Å². The Hall–Kier alpha value is -2.77. The first-order valence-corrected chi connectivity index (χ1v) is 6.85. The van der Waals surface area contributed by atoms with Crippen LogP contribution in [0.5, 0.6) is 5.75 Å². The molecule has 4 nitrogen and oxygen atoms in total. The molecule has 0 aliphatic heterocycles. The number of hydrogen-bond donors (Lipinski definition) is 0. The number of methoxy groups -OCH3 is 1. The van der Waals surface area contributed by atoms with Crippen molar-refractivity contribution in [1.29, 1.82) is 0 Å². The molecule has 2 heterocycles. The number of carbonyl (C=O) groups is 1. The number of rotatable bonds is 3. The van der Waals surface area contributed by atoms with Crippen LogP contribution in [0.15, 0.2) is 42.6 Å². The molecule has 0 aliphatic rings. The average molecular weight is 311 g/mol. The zero-order valence-corrected chi connectivity index (χ0v) is 12.5. The van der Waals surface area contributed by atoms with E-state index in [0.717, 1.165) is 11.3 Å². The average Bonchev–Trinajstić information content (AvgIpc) is 2.95. The molecule has 0 bridgehead atoms. The number of ketones is 1. The van der Waals surface area contributed by atoms with Gasteiger partial charge in [0.25, 0.3) is 5.78 Å². The lowest BCUT2D eigenvalue weighted by molar-refractivity contribution is 0.105. The number of Topliss-reactive ketones (excluding diaryl/α,β-unsaturated/α-hetero) is 1. The molecular weight excluding hydrogens is 300 g/mol. The van der Waals surface area contributed by atoms with Gasteiger partial charge < -0.3 is 4.74 Å². The van der Waals surface area contributed by atoms with Gasteiger partial charge in [-0.3, -0.25) is 9.20 Å². The minimum Gasteiger partial charge on any atom is -0.497 e. The molecule has 3 rings (SSSR count). The summed E-state index contributed by atoms with van der Waals surface area (Å²) in [5.41, 5.74) is 2.08. The van der Waals surface area contributed by atoms with E-state index in [1.807, 2.05) is 12.1 Å². The maximum atomic E-state index is 12.2. The molecule has 3 aromatic rings. The predicted molar refractivity (Wildman–Crippen MR) is 85.4 cm³/mol. The van der Waals surface area contributed by atoms with Crippen LogP contribution in [0.25, 0.3) is 16.9 Å². The van der Waals surface area contributed by atoms with Gasteiger partial charge in [0.05, 0.1) is 12.1 Å². The first-order chi connectivity index (χ1) is 10.7. The van der Waals surface area contributed by atoms with Crippen LogP contribution in [0.3, 0.4) is 0 Å². The fourth-order valence-corrected chi connectivity index (χ4v) is 2.48. The van der Waals surface area contributed by atoms with Crippen LogP contribution in [0.4, 0.5) is 0 Å². The summed E-state index contributed by atoms with van der Waals surface area (Å²) >= 11 is 6.16. The Labute approximate surface area is 132 Å². The molecule has 0 aliphatic carbocycles.